The van der Waals surface area contributed by atoms with E-state index in [0.717, 1.165) is 30.4 Å². The minimum atomic E-state index is -3.77. The van der Waals surface area contributed by atoms with Crippen LogP contribution in [-0.2, 0) is 19.6 Å². The molecule has 2 saturated heterocycles. The molecule has 0 spiro atoms. The first-order valence-corrected chi connectivity index (χ1v) is 11.1. The van der Waals surface area contributed by atoms with E-state index in [4.69, 9.17) is 4.74 Å². The molecule has 1 atom stereocenters. The molecule has 1 aromatic rings. The number of rotatable bonds is 6. The second-order valence-corrected chi connectivity index (χ2v) is 9.37. The number of ether oxygens (including phenoxy) is 1. The fourth-order valence-corrected chi connectivity index (χ4v) is 4.87. The summed E-state index contributed by atoms with van der Waals surface area (Å²) in [7, 11) is -3.77. The van der Waals surface area contributed by atoms with E-state index < -0.39 is 10.0 Å². The third kappa shape index (κ3) is 4.83. The van der Waals surface area contributed by atoms with Gasteiger partial charge in [0.1, 0.15) is 0 Å². The normalized spacial score (nSPS) is 21.3. The molecule has 0 aromatic heterocycles. The lowest BCUT2D eigenvalue weighted by Gasteiger charge is -2.31. The van der Waals surface area contributed by atoms with E-state index in [9.17, 15) is 13.2 Å². The third-order valence-corrected chi connectivity index (χ3v) is 7.02. The summed E-state index contributed by atoms with van der Waals surface area (Å²) in [5.74, 6) is -0.162. The second-order valence-electron chi connectivity index (χ2n) is 6.52. The molecule has 2 heterocycles. The highest BCUT2D eigenvalue weighted by Gasteiger charge is 2.32. The van der Waals surface area contributed by atoms with Gasteiger partial charge < -0.3 is 15.0 Å². The van der Waals surface area contributed by atoms with Crippen molar-refractivity contribution in [3.8, 4) is 0 Å². The minimum absolute atomic E-state index is 0.155. The molecule has 7 nitrogen and oxygen atoms in total. The maximum atomic E-state index is 13.1. The molecule has 0 saturated carbocycles. The fourth-order valence-electron chi connectivity index (χ4n) is 3.18. The van der Waals surface area contributed by atoms with Crippen molar-refractivity contribution in [3.05, 3.63) is 28.7 Å². The molecule has 144 valence electrons. The lowest BCUT2D eigenvalue weighted by Crippen LogP contribution is -2.51. The molecule has 1 amide bonds. The first-order chi connectivity index (χ1) is 12.5. The van der Waals surface area contributed by atoms with Crippen LogP contribution in [0.4, 0.5) is 0 Å². The number of carbonyl (C=O) groups excluding carboxylic acids is 1. The first kappa shape index (κ1) is 19.8. The zero-order valence-corrected chi connectivity index (χ0v) is 17.0. The molecule has 1 unspecified atom stereocenters. The predicted molar refractivity (Wildman–Crippen MR) is 101 cm³/mol. The zero-order valence-electron chi connectivity index (χ0n) is 14.6. The van der Waals surface area contributed by atoms with Gasteiger partial charge in [-0.05, 0) is 37.1 Å². The molecule has 2 aliphatic rings. The molecule has 2 fully saturated rings. The van der Waals surface area contributed by atoms with Crippen molar-refractivity contribution in [2.45, 2.75) is 23.8 Å². The summed E-state index contributed by atoms with van der Waals surface area (Å²) in [6.45, 7) is 3.36. The highest BCUT2D eigenvalue weighted by molar-refractivity contribution is 9.10. The molecule has 0 aliphatic carbocycles. The van der Waals surface area contributed by atoms with Gasteiger partial charge in [0.05, 0.1) is 17.5 Å². The number of hydrogen-bond acceptors (Lipinski definition) is 5. The summed E-state index contributed by atoms with van der Waals surface area (Å²) in [5, 5.41) is 3.19. The predicted octanol–water partition coefficient (Wildman–Crippen LogP) is 1.05. The highest BCUT2D eigenvalue weighted by atomic mass is 79.9. The third-order valence-electron chi connectivity index (χ3n) is 4.66. The van der Waals surface area contributed by atoms with Crippen LogP contribution in [0.15, 0.2) is 33.6 Å². The van der Waals surface area contributed by atoms with Crippen molar-refractivity contribution in [2.24, 2.45) is 0 Å². The Hall–Kier alpha value is -1.00. The van der Waals surface area contributed by atoms with Crippen LogP contribution in [0.2, 0.25) is 0 Å². The molecule has 0 bridgehead atoms. The summed E-state index contributed by atoms with van der Waals surface area (Å²) < 4.78 is 33.9. The van der Waals surface area contributed by atoms with Gasteiger partial charge in [0, 0.05) is 43.8 Å². The van der Waals surface area contributed by atoms with Crippen LogP contribution >= 0.6 is 15.9 Å². The van der Waals surface area contributed by atoms with Gasteiger partial charge in [0.15, 0.2) is 0 Å². The molecular formula is C17H24BrN3O4S. The number of nitrogens with zero attached hydrogens (tertiary/aromatic N) is 2. The SMILES string of the molecule is O=C(CN(CC1CCCO1)S(=O)(=O)c1ccc(Br)cc1)N1CCNCC1. The van der Waals surface area contributed by atoms with Crippen molar-refractivity contribution in [3.63, 3.8) is 0 Å². The molecule has 26 heavy (non-hydrogen) atoms. The van der Waals surface area contributed by atoms with Gasteiger partial charge in [-0.3, -0.25) is 4.79 Å². The summed E-state index contributed by atoms with van der Waals surface area (Å²) >= 11 is 3.32. The average Bonchev–Trinajstić information content (AvgIpc) is 3.15. The van der Waals surface area contributed by atoms with Crippen LogP contribution in [0.1, 0.15) is 12.8 Å². The monoisotopic (exact) mass is 445 g/mol. The van der Waals surface area contributed by atoms with Gasteiger partial charge >= 0.3 is 0 Å². The molecule has 2 aliphatic heterocycles. The van der Waals surface area contributed by atoms with Crippen LogP contribution in [0.25, 0.3) is 0 Å². The molecule has 3 rings (SSSR count). The topological polar surface area (TPSA) is 79.0 Å². The van der Waals surface area contributed by atoms with E-state index in [1.807, 2.05) is 0 Å². The number of nitrogens with one attached hydrogen (secondary N) is 1. The van der Waals surface area contributed by atoms with Crippen LogP contribution in [0, 0.1) is 0 Å². The van der Waals surface area contributed by atoms with Crippen molar-refractivity contribution < 1.29 is 17.9 Å². The van der Waals surface area contributed by atoms with E-state index in [1.54, 1.807) is 29.2 Å². The summed E-state index contributed by atoms with van der Waals surface area (Å²) in [6.07, 6.45) is 1.58. The quantitative estimate of drug-likeness (QED) is 0.707. The fraction of sp³-hybridized carbons (Fsp3) is 0.588. The van der Waals surface area contributed by atoms with E-state index in [0.29, 0.717) is 19.7 Å². The summed E-state index contributed by atoms with van der Waals surface area (Å²) in [4.78, 5) is 14.6. The van der Waals surface area contributed by atoms with Gasteiger partial charge in [-0.15, -0.1) is 0 Å². The van der Waals surface area contributed by atoms with E-state index >= 15 is 0 Å². The summed E-state index contributed by atoms with van der Waals surface area (Å²) in [6, 6.07) is 6.49. The van der Waals surface area contributed by atoms with Crippen molar-refractivity contribution in [2.75, 3.05) is 45.9 Å². The average molecular weight is 446 g/mol. The smallest absolute Gasteiger partial charge is 0.243 e. The van der Waals surface area contributed by atoms with Gasteiger partial charge in [-0.2, -0.15) is 4.31 Å². The number of sulfonamides is 1. The minimum Gasteiger partial charge on any atom is -0.377 e. The van der Waals surface area contributed by atoms with E-state index in [-0.39, 0.29) is 30.0 Å². The molecule has 1 N–H and O–H groups in total. The maximum absolute atomic E-state index is 13.1. The van der Waals surface area contributed by atoms with E-state index in [2.05, 4.69) is 21.2 Å². The standard InChI is InChI=1S/C17H24BrN3O4S/c18-14-3-5-16(6-4-14)26(23,24)21(12-15-2-1-11-25-15)13-17(22)20-9-7-19-8-10-20/h3-6,15,19H,1-2,7-13H2. The Balaban J connectivity index is 1.79. The van der Waals surface area contributed by atoms with Crippen LogP contribution < -0.4 is 5.32 Å². The molecular weight excluding hydrogens is 422 g/mol. The van der Waals surface area contributed by atoms with Crippen LogP contribution in [0.3, 0.4) is 0 Å². The Labute approximate surface area is 162 Å². The Bertz CT molecular complexity index is 714. The second kappa shape index (κ2) is 8.79. The van der Waals surface area contributed by atoms with Crippen molar-refractivity contribution in [1.82, 2.24) is 14.5 Å². The first-order valence-electron chi connectivity index (χ1n) is 8.82. The van der Waals surface area contributed by atoms with Crippen molar-refractivity contribution >= 4 is 31.9 Å². The Morgan fingerprint density at radius 1 is 1.27 bits per heavy atom. The van der Waals surface area contributed by atoms with Crippen LogP contribution in [0.5, 0.6) is 0 Å². The largest absolute Gasteiger partial charge is 0.377 e. The Morgan fingerprint density at radius 3 is 2.58 bits per heavy atom. The Kier molecular flexibility index (Phi) is 6.68. The van der Waals surface area contributed by atoms with Gasteiger partial charge in [-0.25, -0.2) is 8.42 Å². The van der Waals surface area contributed by atoms with Crippen LogP contribution in [-0.4, -0.2) is 75.5 Å². The molecule has 1 aromatic carbocycles. The summed E-state index contributed by atoms with van der Waals surface area (Å²) in [5.41, 5.74) is 0. The number of amides is 1. The number of hydrogen-bond donors (Lipinski definition) is 1. The number of benzene rings is 1. The number of halogens is 1. The molecule has 0 radical (unpaired) electrons. The van der Waals surface area contributed by atoms with Gasteiger partial charge in [-0.1, -0.05) is 15.9 Å². The molecule has 9 heteroatoms. The number of piperazine rings is 1. The lowest BCUT2D eigenvalue weighted by molar-refractivity contribution is -0.132. The lowest BCUT2D eigenvalue weighted by atomic mass is 10.2. The highest BCUT2D eigenvalue weighted by Crippen LogP contribution is 2.22. The number of carbonyl (C=O) groups is 1. The Morgan fingerprint density at radius 2 is 1.96 bits per heavy atom. The van der Waals surface area contributed by atoms with Gasteiger partial charge in [0.25, 0.3) is 0 Å². The van der Waals surface area contributed by atoms with E-state index in [1.165, 1.54) is 4.31 Å². The zero-order chi connectivity index (χ0) is 18.6. The van der Waals surface area contributed by atoms with Gasteiger partial charge in [0.2, 0.25) is 15.9 Å². The van der Waals surface area contributed by atoms with Crippen molar-refractivity contribution in [1.29, 1.82) is 0 Å². The maximum Gasteiger partial charge on any atom is 0.243 e.